The number of nitrogens with zero attached hydrogens (tertiary/aromatic N) is 2. The third kappa shape index (κ3) is 4.78. The lowest BCUT2D eigenvalue weighted by Gasteiger charge is -2.35. The van der Waals surface area contributed by atoms with Crippen LogP contribution in [0.5, 0.6) is 0 Å². The first-order chi connectivity index (χ1) is 15.4. The number of rotatable bonds is 5. The van der Waals surface area contributed by atoms with Gasteiger partial charge in [-0.15, -0.1) is 0 Å². The van der Waals surface area contributed by atoms with Crippen molar-refractivity contribution in [2.45, 2.75) is 13.3 Å². The van der Waals surface area contributed by atoms with E-state index in [2.05, 4.69) is 4.98 Å². The van der Waals surface area contributed by atoms with Crippen LogP contribution in [0.3, 0.4) is 0 Å². The van der Waals surface area contributed by atoms with Gasteiger partial charge in [-0.3, -0.25) is 9.59 Å². The molecule has 1 aromatic heterocycles. The molecule has 1 N–H and O–H groups in total. The molecule has 0 unspecified atom stereocenters. The van der Waals surface area contributed by atoms with Crippen molar-refractivity contribution in [1.82, 2.24) is 14.8 Å². The molecule has 1 saturated heterocycles. The highest BCUT2D eigenvalue weighted by molar-refractivity contribution is 6.30. The average Bonchev–Trinajstić information content (AvgIpc) is 3.24. The van der Waals surface area contributed by atoms with Crippen LogP contribution in [0, 0.1) is 0 Å². The zero-order valence-electron chi connectivity index (χ0n) is 17.8. The van der Waals surface area contributed by atoms with Crippen molar-refractivity contribution in [3.63, 3.8) is 0 Å². The Balaban J connectivity index is 1.37. The summed E-state index contributed by atoms with van der Waals surface area (Å²) in [5, 5.41) is 1.42. The molecule has 0 saturated carbocycles. The normalized spacial score (nSPS) is 13.9. The Kier molecular flexibility index (Phi) is 6.46. The number of H-pyrrole nitrogens is 1. The number of aromatic amines is 1. The molecule has 0 atom stereocenters. The first kappa shape index (κ1) is 21.9. The molecule has 0 spiro atoms. The lowest BCUT2D eigenvalue weighted by Crippen LogP contribution is -2.51. The Morgan fingerprint density at radius 3 is 2.34 bits per heavy atom. The van der Waals surface area contributed by atoms with Crippen LogP contribution in [0.15, 0.2) is 48.5 Å². The predicted octanol–water partition coefficient (Wildman–Crippen LogP) is 3.53. The molecule has 1 aliphatic rings. The van der Waals surface area contributed by atoms with Gasteiger partial charge in [-0.1, -0.05) is 23.7 Å². The van der Waals surface area contributed by atoms with Crippen molar-refractivity contribution in [2.24, 2.45) is 0 Å². The highest BCUT2D eigenvalue weighted by atomic mass is 35.5. The molecule has 166 valence electrons. The number of piperazine rings is 1. The van der Waals surface area contributed by atoms with E-state index in [-0.39, 0.29) is 11.8 Å². The second-order valence-corrected chi connectivity index (χ2v) is 8.12. The summed E-state index contributed by atoms with van der Waals surface area (Å²) in [4.78, 5) is 44.1. The fourth-order valence-corrected chi connectivity index (χ4v) is 3.94. The molecule has 1 aliphatic heterocycles. The lowest BCUT2D eigenvalue weighted by molar-refractivity contribution is -0.131. The van der Waals surface area contributed by atoms with Gasteiger partial charge in [0.25, 0.3) is 5.91 Å². The predicted molar refractivity (Wildman–Crippen MR) is 122 cm³/mol. The number of amides is 2. The van der Waals surface area contributed by atoms with E-state index in [0.29, 0.717) is 55.5 Å². The number of carbonyl (C=O) groups is 3. The van der Waals surface area contributed by atoms with Gasteiger partial charge in [0.15, 0.2) is 0 Å². The molecule has 32 heavy (non-hydrogen) atoms. The summed E-state index contributed by atoms with van der Waals surface area (Å²) in [7, 11) is 0. The van der Waals surface area contributed by atoms with Crippen molar-refractivity contribution in [3.05, 3.63) is 70.4 Å². The molecule has 2 aromatic carbocycles. The third-order valence-corrected chi connectivity index (χ3v) is 5.80. The number of fused-ring (bicyclic) bond motifs is 1. The molecule has 4 rings (SSSR count). The van der Waals surface area contributed by atoms with Crippen LogP contribution in [0.2, 0.25) is 5.02 Å². The van der Waals surface area contributed by atoms with E-state index in [9.17, 15) is 14.4 Å². The van der Waals surface area contributed by atoms with Crippen LogP contribution in [0.4, 0.5) is 0 Å². The Morgan fingerprint density at radius 2 is 1.66 bits per heavy atom. The molecular weight excluding hydrogens is 430 g/mol. The number of hydrogen-bond acceptors (Lipinski definition) is 4. The molecule has 1 fully saturated rings. The van der Waals surface area contributed by atoms with Crippen LogP contribution in [0.25, 0.3) is 10.9 Å². The topological polar surface area (TPSA) is 82.7 Å². The van der Waals surface area contributed by atoms with Crippen LogP contribution in [0.1, 0.15) is 33.3 Å². The van der Waals surface area contributed by atoms with Gasteiger partial charge in [-0.2, -0.15) is 0 Å². The smallest absolute Gasteiger partial charge is 0.354 e. The number of carbonyl (C=O) groups excluding carboxylic acids is 3. The van der Waals surface area contributed by atoms with Crippen LogP contribution < -0.4 is 0 Å². The number of nitrogens with one attached hydrogen (secondary N) is 1. The molecule has 7 nitrogen and oxygen atoms in total. The molecule has 0 bridgehead atoms. The zero-order chi connectivity index (χ0) is 22.7. The number of ether oxygens (including phenoxy) is 1. The van der Waals surface area contributed by atoms with E-state index in [1.807, 2.05) is 12.1 Å². The number of aromatic nitrogens is 1. The second kappa shape index (κ2) is 9.44. The van der Waals surface area contributed by atoms with Gasteiger partial charge in [0.1, 0.15) is 5.69 Å². The number of esters is 1. The monoisotopic (exact) mass is 453 g/mol. The maximum atomic E-state index is 13.0. The number of halogens is 1. The minimum Gasteiger partial charge on any atom is -0.461 e. The van der Waals surface area contributed by atoms with Crippen LogP contribution >= 0.6 is 11.6 Å². The highest BCUT2D eigenvalue weighted by Crippen LogP contribution is 2.20. The Hall–Kier alpha value is -3.32. The quantitative estimate of drug-likeness (QED) is 0.599. The molecule has 2 amide bonds. The fourth-order valence-electron chi connectivity index (χ4n) is 3.81. The largest absolute Gasteiger partial charge is 0.461 e. The summed E-state index contributed by atoms with van der Waals surface area (Å²) in [5.41, 5.74) is 2.59. The van der Waals surface area contributed by atoms with Crippen molar-refractivity contribution < 1.29 is 19.1 Å². The minimum atomic E-state index is -0.420. The van der Waals surface area contributed by atoms with Gasteiger partial charge in [0.05, 0.1) is 13.0 Å². The summed E-state index contributed by atoms with van der Waals surface area (Å²) in [6, 6.07) is 14.3. The van der Waals surface area contributed by atoms with Crippen molar-refractivity contribution >= 4 is 40.3 Å². The Morgan fingerprint density at radius 1 is 0.969 bits per heavy atom. The minimum absolute atomic E-state index is 0.0414. The lowest BCUT2D eigenvalue weighted by atomic mass is 10.1. The Labute approximate surface area is 190 Å². The van der Waals surface area contributed by atoms with E-state index in [4.69, 9.17) is 16.3 Å². The molecular formula is C24H24ClN3O4. The first-order valence-corrected chi connectivity index (χ1v) is 10.9. The number of benzene rings is 2. The van der Waals surface area contributed by atoms with Gasteiger partial charge in [-0.25, -0.2) is 4.79 Å². The van der Waals surface area contributed by atoms with Gasteiger partial charge in [0, 0.05) is 47.7 Å². The van der Waals surface area contributed by atoms with Crippen molar-refractivity contribution in [1.29, 1.82) is 0 Å². The molecule has 8 heteroatoms. The van der Waals surface area contributed by atoms with Crippen molar-refractivity contribution in [3.8, 4) is 0 Å². The Bertz CT molecular complexity index is 1150. The maximum Gasteiger partial charge on any atom is 0.354 e. The summed E-state index contributed by atoms with van der Waals surface area (Å²) in [6.07, 6.45) is 0.318. The maximum absolute atomic E-state index is 13.0. The fraction of sp³-hybridized carbons (Fsp3) is 0.292. The summed E-state index contributed by atoms with van der Waals surface area (Å²) >= 11 is 5.90. The van der Waals surface area contributed by atoms with Gasteiger partial charge >= 0.3 is 5.97 Å². The molecule has 0 aliphatic carbocycles. The standard InChI is InChI=1S/C24H24ClN3O4/c1-2-32-24(31)21-15-18-14-17(5-8-20(18)26-21)23(30)28-11-9-27(10-12-28)22(29)13-16-3-6-19(25)7-4-16/h3-8,14-15,26H,2,9-13H2,1H3. The van der Waals surface area contributed by atoms with Gasteiger partial charge < -0.3 is 19.5 Å². The zero-order valence-corrected chi connectivity index (χ0v) is 18.5. The number of hydrogen-bond donors (Lipinski definition) is 1. The van der Waals surface area contributed by atoms with E-state index in [1.54, 1.807) is 53.1 Å². The summed E-state index contributed by atoms with van der Waals surface area (Å²) in [6.45, 7) is 4.00. The highest BCUT2D eigenvalue weighted by Gasteiger charge is 2.25. The average molecular weight is 454 g/mol. The SMILES string of the molecule is CCOC(=O)c1cc2cc(C(=O)N3CCN(C(=O)Cc4ccc(Cl)cc4)CC3)ccc2[nH]1. The van der Waals surface area contributed by atoms with Gasteiger partial charge in [-0.05, 0) is 48.9 Å². The van der Waals surface area contributed by atoms with Crippen LogP contribution in [-0.4, -0.2) is 65.4 Å². The second-order valence-electron chi connectivity index (χ2n) is 7.68. The van der Waals surface area contributed by atoms with E-state index in [0.717, 1.165) is 16.5 Å². The van der Waals surface area contributed by atoms with E-state index >= 15 is 0 Å². The molecule has 2 heterocycles. The third-order valence-electron chi connectivity index (χ3n) is 5.55. The van der Waals surface area contributed by atoms with Crippen LogP contribution in [-0.2, 0) is 16.0 Å². The van der Waals surface area contributed by atoms with Gasteiger partial charge in [0.2, 0.25) is 5.91 Å². The van der Waals surface area contributed by atoms with Crippen molar-refractivity contribution in [2.75, 3.05) is 32.8 Å². The molecule has 0 radical (unpaired) electrons. The molecule has 3 aromatic rings. The summed E-state index contributed by atoms with van der Waals surface area (Å²) < 4.78 is 5.02. The summed E-state index contributed by atoms with van der Waals surface area (Å²) in [5.74, 6) is -0.466. The van der Waals surface area contributed by atoms with E-state index in [1.165, 1.54) is 0 Å². The first-order valence-electron chi connectivity index (χ1n) is 10.6. The van der Waals surface area contributed by atoms with E-state index < -0.39 is 5.97 Å².